The molecule has 2 heterocycles. The summed E-state index contributed by atoms with van der Waals surface area (Å²) in [6, 6.07) is 0. The van der Waals surface area contributed by atoms with Crippen molar-refractivity contribution < 1.29 is 4.79 Å². The molecule has 2 aromatic heterocycles. The van der Waals surface area contributed by atoms with Crippen molar-refractivity contribution in [2.75, 3.05) is 5.32 Å². The van der Waals surface area contributed by atoms with E-state index in [0.717, 1.165) is 9.26 Å². The number of nitrogens with zero attached hydrogens (tertiary/aromatic N) is 3. The van der Waals surface area contributed by atoms with Crippen LogP contribution >= 0.6 is 33.9 Å². The van der Waals surface area contributed by atoms with Gasteiger partial charge in [0.2, 0.25) is 0 Å². The molecule has 0 radical (unpaired) electrons. The zero-order valence-electron chi connectivity index (χ0n) is 8.69. The molecule has 0 unspecified atom stereocenters. The lowest BCUT2D eigenvalue weighted by atomic mass is 10.4. The Kier molecular flexibility index (Phi) is 3.24. The van der Waals surface area contributed by atoms with Crippen molar-refractivity contribution in [3.63, 3.8) is 0 Å². The molecule has 16 heavy (non-hydrogen) atoms. The molecule has 0 aliphatic rings. The van der Waals surface area contributed by atoms with Gasteiger partial charge in [-0.05, 0) is 29.5 Å². The highest BCUT2D eigenvalue weighted by atomic mass is 127. The summed E-state index contributed by atoms with van der Waals surface area (Å²) in [6.07, 6.45) is 1.66. The number of anilines is 1. The van der Waals surface area contributed by atoms with E-state index in [9.17, 15) is 4.79 Å². The van der Waals surface area contributed by atoms with Crippen LogP contribution in [-0.2, 0) is 7.05 Å². The predicted molar refractivity (Wildman–Crippen MR) is 70.7 cm³/mol. The maximum atomic E-state index is 11.9. The van der Waals surface area contributed by atoms with Crippen molar-refractivity contribution in [2.24, 2.45) is 7.05 Å². The van der Waals surface area contributed by atoms with Crippen molar-refractivity contribution in [1.29, 1.82) is 0 Å². The number of carbonyl (C=O) groups is 1. The number of nitrogens with one attached hydrogen (secondary N) is 1. The van der Waals surface area contributed by atoms with Gasteiger partial charge in [0.25, 0.3) is 5.91 Å². The van der Waals surface area contributed by atoms with Gasteiger partial charge in [-0.1, -0.05) is 0 Å². The molecule has 0 aliphatic carbocycles. The van der Waals surface area contributed by atoms with E-state index in [4.69, 9.17) is 0 Å². The average molecular weight is 348 g/mol. The van der Waals surface area contributed by atoms with Crippen LogP contribution in [0.3, 0.4) is 0 Å². The molecule has 7 heteroatoms. The van der Waals surface area contributed by atoms with Gasteiger partial charge >= 0.3 is 0 Å². The van der Waals surface area contributed by atoms with Crippen LogP contribution in [0.15, 0.2) is 11.6 Å². The van der Waals surface area contributed by atoms with Crippen molar-refractivity contribution in [1.82, 2.24) is 14.8 Å². The second kappa shape index (κ2) is 4.50. The highest BCUT2D eigenvalue weighted by Crippen LogP contribution is 2.17. The van der Waals surface area contributed by atoms with E-state index in [1.54, 1.807) is 17.9 Å². The van der Waals surface area contributed by atoms with Crippen LogP contribution in [0.5, 0.6) is 0 Å². The number of rotatable bonds is 2. The van der Waals surface area contributed by atoms with E-state index in [1.165, 1.54) is 11.3 Å². The molecule has 0 saturated carbocycles. The molecule has 0 atom stereocenters. The van der Waals surface area contributed by atoms with Crippen LogP contribution in [0.25, 0.3) is 0 Å². The molecule has 0 aliphatic heterocycles. The quantitative estimate of drug-likeness (QED) is 0.845. The minimum absolute atomic E-state index is 0.182. The number of hydrogen-bond acceptors (Lipinski definition) is 4. The number of carbonyl (C=O) groups excluding carboxylic acids is 1. The molecule has 5 nitrogen and oxygen atoms in total. The SMILES string of the molecule is Cc1csc(NC(=O)c2c(I)cnn2C)n1. The molecule has 0 bridgehead atoms. The Morgan fingerprint density at radius 3 is 2.88 bits per heavy atom. The summed E-state index contributed by atoms with van der Waals surface area (Å²) in [4.78, 5) is 16.1. The molecule has 1 amide bonds. The molecule has 0 saturated heterocycles. The zero-order valence-corrected chi connectivity index (χ0v) is 11.7. The van der Waals surface area contributed by atoms with Gasteiger partial charge in [0.15, 0.2) is 5.13 Å². The number of aromatic nitrogens is 3. The minimum atomic E-state index is -0.182. The fourth-order valence-corrected chi connectivity index (χ4v) is 2.64. The summed E-state index contributed by atoms with van der Waals surface area (Å²) in [6.45, 7) is 1.89. The van der Waals surface area contributed by atoms with Crippen LogP contribution in [0.1, 0.15) is 16.2 Å². The van der Waals surface area contributed by atoms with Crippen LogP contribution < -0.4 is 5.32 Å². The predicted octanol–water partition coefficient (Wildman–Crippen LogP) is 2.04. The normalized spacial score (nSPS) is 10.4. The van der Waals surface area contributed by atoms with E-state index in [1.807, 2.05) is 12.3 Å². The number of amides is 1. The molecule has 0 aromatic carbocycles. The molecule has 2 rings (SSSR count). The molecular formula is C9H9IN4OS. The highest BCUT2D eigenvalue weighted by molar-refractivity contribution is 14.1. The third kappa shape index (κ3) is 2.24. The van der Waals surface area contributed by atoms with E-state index in [2.05, 4.69) is 38.0 Å². The van der Waals surface area contributed by atoms with Gasteiger partial charge in [0.05, 0.1) is 15.5 Å². The maximum Gasteiger partial charge on any atom is 0.276 e. The van der Waals surface area contributed by atoms with Gasteiger partial charge in [-0.25, -0.2) is 4.98 Å². The van der Waals surface area contributed by atoms with E-state index < -0.39 is 0 Å². The van der Waals surface area contributed by atoms with Crippen LogP contribution in [0.2, 0.25) is 0 Å². The van der Waals surface area contributed by atoms with Crippen molar-refractivity contribution in [2.45, 2.75) is 6.92 Å². The van der Waals surface area contributed by atoms with Gasteiger partial charge in [-0.3, -0.25) is 14.8 Å². The van der Waals surface area contributed by atoms with Crippen LogP contribution in [-0.4, -0.2) is 20.7 Å². The van der Waals surface area contributed by atoms with Gasteiger partial charge in [0, 0.05) is 12.4 Å². The monoisotopic (exact) mass is 348 g/mol. The minimum Gasteiger partial charge on any atom is -0.296 e. The first-order chi connectivity index (χ1) is 7.58. The zero-order chi connectivity index (χ0) is 11.7. The lowest BCUT2D eigenvalue weighted by Crippen LogP contribution is -2.17. The first-order valence-corrected chi connectivity index (χ1v) is 6.44. The van der Waals surface area contributed by atoms with E-state index in [0.29, 0.717) is 10.8 Å². The topological polar surface area (TPSA) is 59.8 Å². The molecule has 0 spiro atoms. The summed E-state index contributed by atoms with van der Waals surface area (Å²) in [5.41, 5.74) is 1.45. The molecule has 0 fully saturated rings. The maximum absolute atomic E-state index is 11.9. The molecular weight excluding hydrogens is 339 g/mol. The second-order valence-electron chi connectivity index (χ2n) is 3.21. The van der Waals surface area contributed by atoms with Gasteiger partial charge < -0.3 is 0 Å². The lowest BCUT2D eigenvalue weighted by molar-refractivity contribution is 0.101. The Hall–Kier alpha value is -0.960. The summed E-state index contributed by atoms with van der Waals surface area (Å²) in [7, 11) is 1.74. The van der Waals surface area contributed by atoms with Crippen molar-refractivity contribution >= 4 is 45.0 Å². The summed E-state index contributed by atoms with van der Waals surface area (Å²) in [5.74, 6) is -0.182. The van der Waals surface area contributed by atoms with Crippen LogP contribution in [0.4, 0.5) is 5.13 Å². The fourth-order valence-electron chi connectivity index (χ4n) is 1.23. The Morgan fingerprint density at radius 1 is 1.62 bits per heavy atom. The number of aryl methyl sites for hydroxylation is 2. The highest BCUT2D eigenvalue weighted by Gasteiger charge is 2.16. The third-order valence-corrected chi connectivity index (χ3v) is 3.61. The Balaban J connectivity index is 2.21. The third-order valence-electron chi connectivity index (χ3n) is 1.95. The van der Waals surface area contributed by atoms with E-state index >= 15 is 0 Å². The fraction of sp³-hybridized carbons (Fsp3) is 0.222. The second-order valence-corrected chi connectivity index (χ2v) is 5.23. The van der Waals surface area contributed by atoms with Gasteiger partial charge in [-0.15, -0.1) is 11.3 Å². The number of hydrogen-bond donors (Lipinski definition) is 1. The van der Waals surface area contributed by atoms with Gasteiger partial charge in [0.1, 0.15) is 5.69 Å². The summed E-state index contributed by atoms with van der Waals surface area (Å²) >= 11 is 3.49. The number of halogens is 1. The Labute approximate surface area is 110 Å². The van der Waals surface area contributed by atoms with Crippen molar-refractivity contribution in [3.8, 4) is 0 Å². The molecule has 1 N–H and O–H groups in total. The Bertz CT molecular complexity index is 514. The van der Waals surface area contributed by atoms with Gasteiger partial charge in [-0.2, -0.15) is 5.10 Å². The summed E-state index contributed by atoms with van der Waals surface area (Å²) in [5, 5.41) is 9.27. The first kappa shape index (κ1) is 11.5. The largest absolute Gasteiger partial charge is 0.296 e. The lowest BCUT2D eigenvalue weighted by Gasteiger charge is -2.02. The van der Waals surface area contributed by atoms with Crippen molar-refractivity contribution in [3.05, 3.63) is 26.5 Å². The average Bonchev–Trinajstić information content (AvgIpc) is 2.74. The van der Waals surface area contributed by atoms with E-state index in [-0.39, 0.29) is 5.91 Å². The molecule has 2 aromatic rings. The first-order valence-electron chi connectivity index (χ1n) is 4.49. The Morgan fingerprint density at radius 2 is 2.38 bits per heavy atom. The smallest absolute Gasteiger partial charge is 0.276 e. The molecule has 84 valence electrons. The summed E-state index contributed by atoms with van der Waals surface area (Å²) < 4.78 is 2.38. The van der Waals surface area contributed by atoms with Crippen LogP contribution in [0, 0.1) is 10.5 Å². The number of thiazole rings is 1. The standard InChI is InChI=1S/C9H9IN4OS/c1-5-4-16-9(12-5)13-8(15)7-6(10)3-11-14(7)2/h3-4H,1-2H3,(H,12,13,15).